The van der Waals surface area contributed by atoms with Gasteiger partial charge in [-0.2, -0.15) is 0 Å². The van der Waals surface area contributed by atoms with Gasteiger partial charge in [0.15, 0.2) is 0 Å². The van der Waals surface area contributed by atoms with Crippen LogP contribution in [0.5, 0.6) is 0 Å². The Hall–Kier alpha value is -1.42. The van der Waals surface area contributed by atoms with Gasteiger partial charge in [-0.1, -0.05) is 6.07 Å². The summed E-state index contributed by atoms with van der Waals surface area (Å²) in [7, 11) is 0. The maximum absolute atomic E-state index is 10.6. The molecule has 1 amide bonds. The summed E-state index contributed by atoms with van der Waals surface area (Å²) in [5.74, 6) is -0.499. The quantitative estimate of drug-likeness (QED) is 0.629. The number of amides is 1. The molecule has 1 heterocycles. The third-order valence-corrected chi connectivity index (χ3v) is 1.52. The van der Waals surface area contributed by atoms with E-state index in [-0.39, 0.29) is 0 Å². The van der Waals surface area contributed by atoms with Gasteiger partial charge in [-0.05, 0) is 12.1 Å². The number of primary amides is 1. The minimum atomic E-state index is -0.639. The third kappa shape index (κ3) is 2.32. The fraction of sp³-hybridized carbons (Fsp3) is 0.250. The highest BCUT2D eigenvalue weighted by molar-refractivity contribution is 5.79. The molecule has 1 unspecified atom stereocenters. The molecule has 0 saturated carbocycles. The fourth-order valence-corrected chi connectivity index (χ4v) is 0.845. The van der Waals surface area contributed by atoms with Crippen LogP contribution in [0, 0.1) is 0 Å². The van der Waals surface area contributed by atoms with Crippen molar-refractivity contribution in [3.63, 3.8) is 0 Å². The molecular weight excluding hydrogens is 154 g/mol. The monoisotopic (exact) mass is 165 g/mol. The normalized spacial score (nSPS) is 12.4. The van der Waals surface area contributed by atoms with Gasteiger partial charge in [0.05, 0.1) is 6.04 Å². The first-order valence-electron chi connectivity index (χ1n) is 3.65. The minimum Gasteiger partial charge on any atom is -0.368 e. The van der Waals surface area contributed by atoms with Crippen LogP contribution >= 0.6 is 0 Å². The van der Waals surface area contributed by atoms with Crippen molar-refractivity contribution in [1.29, 1.82) is 0 Å². The Bertz CT molecular complexity index is 260. The smallest absolute Gasteiger partial charge is 0.234 e. The average molecular weight is 165 g/mol. The summed E-state index contributed by atoms with van der Waals surface area (Å²) in [5, 5.41) is 0. The van der Waals surface area contributed by atoms with Crippen LogP contribution < -0.4 is 11.5 Å². The Morgan fingerprint density at radius 1 is 1.58 bits per heavy atom. The van der Waals surface area contributed by atoms with Crippen molar-refractivity contribution in [2.45, 2.75) is 12.5 Å². The predicted octanol–water partition coefficient (Wildman–Crippen LogP) is -0.563. The van der Waals surface area contributed by atoms with E-state index in [0.29, 0.717) is 6.42 Å². The van der Waals surface area contributed by atoms with E-state index in [4.69, 9.17) is 11.5 Å². The van der Waals surface area contributed by atoms with E-state index >= 15 is 0 Å². The SMILES string of the molecule is NC(=O)C(N)Cc1ccccn1. The number of nitrogens with zero attached hydrogens (tertiary/aromatic N) is 1. The summed E-state index contributed by atoms with van der Waals surface area (Å²) < 4.78 is 0. The number of aromatic nitrogens is 1. The van der Waals surface area contributed by atoms with E-state index in [1.807, 2.05) is 12.1 Å². The first-order valence-corrected chi connectivity index (χ1v) is 3.65. The lowest BCUT2D eigenvalue weighted by atomic mass is 10.1. The van der Waals surface area contributed by atoms with Gasteiger partial charge >= 0.3 is 0 Å². The Labute approximate surface area is 70.6 Å². The summed E-state index contributed by atoms with van der Waals surface area (Å²) in [6, 6.07) is 4.82. The summed E-state index contributed by atoms with van der Waals surface area (Å²) in [6.07, 6.45) is 2.05. The molecule has 0 aliphatic heterocycles. The fourth-order valence-electron chi connectivity index (χ4n) is 0.845. The van der Waals surface area contributed by atoms with Crippen molar-refractivity contribution >= 4 is 5.91 Å². The number of hydrogen-bond donors (Lipinski definition) is 2. The van der Waals surface area contributed by atoms with Gasteiger partial charge in [-0.15, -0.1) is 0 Å². The number of carbonyl (C=O) groups excluding carboxylic acids is 1. The van der Waals surface area contributed by atoms with Crippen LogP contribution in [0.3, 0.4) is 0 Å². The maximum Gasteiger partial charge on any atom is 0.234 e. The van der Waals surface area contributed by atoms with E-state index < -0.39 is 11.9 Å². The lowest BCUT2D eigenvalue weighted by Crippen LogP contribution is -2.38. The van der Waals surface area contributed by atoms with Crippen molar-refractivity contribution in [3.8, 4) is 0 Å². The molecule has 0 spiro atoms. The van der Waals surface area contributed by atoms with Gasteiger partial charge in [0, 0.05) is 18.3 Å². The largest absolute Gasteiger partial charge is 0.368 e. The molecule has 4 nitrogen and oxygen atoms in total. The van der Waals surface area contributed by atoms with Gasteiger partial charge < -0.3 is 11.5 Å². The second-order valence-corrected chi connectivity index (χ2v) is 2.53. The molecule has 0 aromatic carbocycles. The van der Waals surface area contributed by atoms with Crippen molar-refractivity contribution < 1.29 is 4.79 Å². The van der Waals surface area contributed by atoms with E-state index in [1.165, 1.54) is 0 Å². The van der Waals surface area contributed by atoms with Gasteiger partial charge in [0.25, 0.3) is 0 Å². The van der Waals surface area contributed by atoms with Gasteiger partial charge in [0.1, 0.15) is 0 Å². The highest BCUT2D eigenvalue weighted by atomic mass is 16.1. The van der Waals surface area contributed by atoms with Crippen molar-refractivity contribution in [3.05, 3.63) is 30.1 Å². The van der Waals surface area contributed by atoms with Crippen molar-refractivity contribution in [2.24, 2.45) is 11.5 Å². The van der Waals surface area contributed by atoms with Crippen LogP contribution in [0.15, 0.2) is 24.4 Å². The van der Waals surface area contributed by atoms with Crippen LogP contribution in [0.2, 0.25) is 0 Å². The summed E-state index contributed by atoms with van der Waals surface area (Å²) >= 11 is 0. The Morgan fingerprint density at radius 3 is 2.83 bits per heavy atom. The zero-order valence-corrected chi connectivity index (χ0v) is 6.60. The standard InChI is InChI=1S/C8H11N3O/c9-7(8(10)12)5-6-3-1-2-4-11-6/h1-4,7H,5,9H2,(H2,10,12). The van der Waals surface area contributed by atoms with Crippen LogP contribution in [0.4, 0.5) is 0 Å². The molecule has 4 N–H and O–H groups in total. The predicted molar refractivity (Wildman–Crippen MR) is 45.1 cm³/mol. The highest BCUT2D eigenvalue weighted by Crippen LogP contribution is 1.96. The molecule has 0 bridgehead atoms. The molecule has 0 saturated heterocycles. The molecule has 0 radical (unpaired) electrons. The molecule has 64 valence electrons. The molecule has 0 aliphatic rings. The van der Waals surface area contributed by atoms with E-state index in [9.17, 15) is 4.79 Å². The van der Waals surface area contributed by atoms with E-state index in [0.717, 1.165) is 5.69 Å². The highest BCUT2D eigenvalue weighted by Gasteiger charge is 2.09. The lowest BCUT2D eigenvalue weighted by molar-refractivity contribution is -0.119. The molecule has 1 aromatic heterocycles. The van der Waals surface area contributed by atoms with Crippen molar-refractivity contribution in [2.75, 3.05) is 0 Å². The summed E-state index contributed by atoms with van der Waals surface area (Å²) in [5.41, 5.74) is 11.2. The summed E-state index contributed by atoms with van der Waals surface area (Å²) in [4.78, 5) is 14.6. The van der Waals surface area contributed by atoms with Gasteiger partial charge in [-0.25, -0.2) is 0 Å². The first-order chi connectivity index (χ1) is 5.70. The first kappa shape index (κ1) is 8.67. The maximum atomic E-state index is 10.6. The minimum absolute atomic E-state index is 0.399. The molecule has 1 aromatic rings. The molecule has 0 fully saturated rings. The number of carbonyl (C=O) groups is 1. The number of hydrogen-bond acceptors (Lipinski definition) is 3. The van der Waals surface area contributed by atoms with E-state index in [2.05, 4.69) is 4.98 Å². The van der Waals surface area contributed by atoms with Gasteiger partial charge in [-0.3, -0.25) is 9.78 Å². The van der Waals surface area contributed by atoms with E-state index in [1.54, 1.807) is 12.3 Å². The zero-order valence-electron chi connectivity index (χ0n) is 6.60. The molecular formula is C8H11N3O. The summed E-state index contributed by atoms with van der Waals surface area (Å²) in [6.45, 7) is 0. The number of rotatable bonds is 3. The number of pyridine rings is 1. The van der Waals surface area contributed by atoms with Crippen LogP contribution in [-0.2, 0) is 11.2 Å². The van der Waals surface area contributed by atoms with Crippen LogP contribution in [-0.4, -0.2) is 16.9 Å². The molecule has 0 aliphatic carbocycles. The topological polar surface area (TPSA) is 82.0 Å². The zero-order chi connectivity index (χ0) is 8.97. The third-order valence-electron chi connectivity index (χ3n) is 1.52. The Morgan fingerprint density at radius 2 is 2.33 bits per heavy atom. The Balaban J connectivity index is 2.58. The molecule has 12 heavy (non-hydrogen) atoms. The second-order valence-electron chi connectivity index (χ2n) is 2.53. The van der Waals surface area contributed by atoms with Crippen LogP contribution in [0.1, 0.15) is 5.69 Å². The molecule has 1 rings (SSSR count). The lowest BCUT2D eigenvalue weighted by Gasteiger charge is -2.05. The van der Waals surface area contributed by atoms with Crippen molar-refractivity contribution in [1.82, 2.24) is 4.98 Å². The second kappa shape index (κ2) is 3.82. The average Bonchev–Trinajstić information content (AvgIpc) is 2.06. The Kier molecular flexibility index (Phi) is 2.76. The molecule has 4 heteroatoms. The number of nitrogens with two attached hydrogens (primary N) is 2. The van der Waals surface area contributed by atoms with Gasteiger partial charge in [0.2, 0.25) is 5.91 Å². The molecule has 1 atom stereocenters. The van der Waals surface area contributed by atoms with Crippen LogP contribution in [0.25, 0.3) is 0 Å².